The molecule has 1 aromatic carbocycles. The Balaban J connectivity index is 1.88. The van der Waals surface area contributed by atoms with E-state index in [1.165, 1.54) is 17.4 Å². The first-order valence-corrected chi connectivity index (χ1v) is 8.37. The van der Waals surface area contributed by atoms with E-state index >= 15 is 0 Å². The molecule has 124 valence electrons. The summed E-state index contributed by atoms with van der Waals surface area (Å²) in [6.45, 7) is 2.14. The van der Waals surface area contributed by atoms with E-state index in [9.17, 15) is 14.0 Å². The SMILES string of the molecule is Cc1cc(C2CCCCC2)c(F)cc1N1CC(C(N)=O)CC1=O. The second kappa shape index (κ2) is 6.30. The number of primary amides is 1. The standard InChI is InChI=1S/C18H23FN2O2/c1-11-7-14(12-5-3-2-4-6-12)15(19)9-16(11)21-10-13(18(20)23)8-17(21)22/h7,9,12-13H,2-6,8,10H2,1H3,(H2,20,23). The molecule has 1 aliphatic heterocycles. The van der Waals surface area contributed by atoms with Crippen LogP contribution in [0.3, 0.4) is 0 Å². The lowest BCUT2D eigenvalue weighted by Gasteiger charge is -2.25. The first-order chi connectivity index (χ1) is 11.0. The topological polar surface area (TPSA) is 63.4 Å². The molecule has 0 bridgehead atoms. The van der Waals surface area contributed by atoms with E-state index in [4.69, 9.17) is 5.73 Å². The Morgan fingerprint density at radius 1 is 1.26 bits per heavy atom. The molecule has 0 spiro atoms. The van der Waals surface area contributed by atoms with Crippen LogP contribution in [0.1, 0.15) is 55.6 Å². The fourth-order valence-electron chi connectivity index (χ4n) is 3.84. The van der Waals surface area contributed by atoms with Gasteiger partial charge in [-0.05, 0) is 42.9 Å². The zero-order valence-electron chi connectivity index (χ0n) is 13.5. The van der Waals surface area contributed by atoms with Crippen LogP contribution in [0.15, 0.2) is 12.1 Å². The van der Waals surface area contributed by atoms with Gasteiger partial charge in [0.1, 0.15) is 5.82 Å². The quantitative estimate of drug-likeness (QED) is 0.931. The largest absolute Gasteiger partial charge is 0.369 e. The van der Waals surface area contributed by atoms with E-state index in [2.05, 4.69) is 0 Å². The van der Waals surface area contributed by atoms with E-state index in [0.717, 1.165) is 36.8 Å². The lowest BCUT2D eigenvalue weighted by Crippen LogP contribution is -2.29. The molecule has 23 heavy (non-hydrogen) atoms. The number of nitrogens with zero attached hydrogens (tertiary/aromatic N) is 1. The van der Waals surface area contributed by atoms with Crippen molar-refractivity contribution >= 4 is 17.5 Å². The Bertz CT molecular complexity index is 638. The van der Waals surface area contributed by atoms with E-state index in [1.54, 1.807) is 0 Å². The van der Waals surface area contributed by atoms with Crippen molar-refractivity contribution in [2.75, 3.05) is 11.4 Å². The number of hydrogen-bond donors (Lipinski definition) is 1. The van der Waals surface area contributed by atoms with Crippen LogP contribution >= 0.6 is 0 Å². The molecule has 0 aromatic heterocycles. The summed E-state index contributed by atoms with van der Waals surface area (Å²) in [7, 11) is 0. The number of benzene rings is 1. The zero-order chi connectivity index (χ0) is 16.6. The zero-order valence-corrected chi connectivity index (χ0v) is 13.5. The number of carbonyl (C=O) groups excluding carboxylic acids is 2. The Kier molecular flexibility index (Phi) is 4.37. The average Bonchev–Trinajstić information content (AvgIpc) is 2.92. The minimum absolute atomic E-state index is 0.112. The summed E-state index contributed by atoms with van der Waals surface area (Å²) in [6.07, 6.45) is 5.70. The van der Waals surface area contributed by atoms with Crippen LogP contribution in [0.4, 0.5) is 10.1 Å². The van der Waals surface area contributed by atoms with Crippen molar-refractivity contribution < 1.29 is 14.0 Å². The molecule has 5 heteroatoms. The highest BCUT2D eigenvalue weighted by molar-refractivity contribution is 6.00. The third-order valence-electron chi connectivity index (χ3n) is 5.18. The van der Waals surface area contributed by atoms with Gasteiger partial charge in [-0.3, -0.25) is 9.59 Å². The molecule has 1 saturated carbocycles. The van der Waals surface area contributed by atoms with E-state index in [0.29, 0.717) is 5.69 Å². The van der Waals surface area contributed by atoms with Crippen LogP contribution in [-0.2, 0) is 9.59 Å². The number of rotatable bonds is 3. The van der Waals surface area contributed by atoms with Crippen LogP contribution in [0.2, 0.25) is 0 Å². The summed E-state index contributed by atoms with van der Waals surface area (Å²) >= 11 is 0. The van der Waals surface area contributed by atoms with E-state index in [1.807, 2.05) is 13.0 Å². The fraction of sp³-hybridized carbons (Fsp3) is 0.556. The van der Waals surface area contributed by atoms with Gasteiger partial charge < -0.3 is 10.6 Å². The monoisotopic (exact) mass is 318 g/mol. The molecular formula is C18H23FN2O2. The number of nitrogens with two attached hydrogens (primary N) is 1. The smallest absolute Gasteiger partial charge is 0.227 e. The maximum atomic E-state index is 14.6. The van der Waals surface area contributed by atoms with Gasteiger partial charge in [-0.25, -0.2) is 4.39 Å². The summed E-state index contributed by atoms with van der Waals surface area (Å²) in [5.41, 5.74) is 7.51. The Labute approximate surface area is 135 Å². The van der Waals surface area contributed by atoms with Crippen molar-refractivity contribution in [1.82, 2.24) is 0 Å². The predicted octanol–water partition coefficient (Wildman–Crippen LogP) is 3.02. The van der Waals surface area contributed by atoms with Crippen LogP contribution in [0.25, 0.3) is 0 Å². The summed E-state index contributed by atoms with van der Waals surface area (Å²) in [4.78, 5) is 24.9. The van der Waals surface area contributed by atoms with Gasteiger partial charge in [0.05, 0.1) is 5.92 Å². The minimum Gasteiger partial charge on any atom is -0.369 e. The normalized spacial score (nSPS) is 22.6. The van der Waals surface area contributed by atoms with Gasteiger partial charge in [0.25, 0.3) is 0 Å². The van der Waals surface area contributed by atoms with Gasteiger partial charge in [0.2, 0.25) is 11.8 Å². The molecular weight excluding hydrogens is 295 g/mol. The van der Waals surface area contributed by atoms with Gasteiger partial charge in [-0.15, -0.1) is 0 Å². The molecule has 1 saturated heterocycles. The molecule has 2 N–H and O–H groups in total. The predicted molar refractivity (Wildman–Crippen MR) is 86.6 cm³/mol. The lowest BCUT2D eigenvalue weighted by molar-refractivity contribution is -0.123. The van der Waals surface area contributed by atoms with E-state index < -0.39 is 11.8 Å². The highest BCUT2D eigenvalue weighted by Gasteiger charge is 2.35. The lowest BCUT2D eigenvalue weighted by atomic mass is 9.83. The van der Waals surface area contributed by atoms with Gasteiger partial charge >= 0.3 is 0 Å². The number of anilines is 1. The van der Waals surface area contributed by atoms with Crippen molar-refractivity contribution in [3.05, 3.63) is 29.1 Å². The van der Waals surface area contributed by atoms with Gasteiger partial charge in [0.15, 0.2) is 0 Å². The second-order valence-electron chi connectivity index (χ2n) is 6.80. The van der Waals surface area contributed by atoms with Crippen molar-refractivity contribution in [3.8, 4) is 0 Å². The highest BCUT2D eigenvalue weighted by Crippen LogP contribution is 2.37. The van der Waals surface area contributed by atoms with Crippen molar-refractivity contribution in [1.29, 1.82) is 0 Å². The average molecular weight is 318 g/mol. The third-order valence-corrected chi connectivity index (χ3v) is 5.18. The Morgan fingerprint density at radius 3 is 2.57 bits per heavy atom. The first kappa shape index (κ1) is 16.0. The maximum absolute atomic E-state index is 14.6. The highest BCUT2D eigenvalue weighted by atomic mass is 19.1. The second-order valence-corrected chi connectivity index (χ2v) is 6.80. The molecule has 1 aliphatic carbocycles. The molecule has 2 aliphatic rings. The fourth-order valence-corrected chi connectivity index (χ4v) is 3.84. The Morgan fingerprint density at radius 2 is 1.96 bits per heavy atom. The molecule has 0 radical (unpaired) electrons. The van der Waals surface area contributed by atoms with Gasteiger partial charge in [-0.1, -0.05) is 25.3 Å². The minimum atomic E-state index is -0.483. The van der Waals surface area contributed by atoms with Crippen molar-refractivity contribution in [3.63, 3.8) is 0 Å². The molecule has 4 nitrogen and oxygen atoms in total. The number of carbonyl (C=O) groups is 2. The van der Waals surface area contributed by atoms with Crippen molar-refractivity contribution in [2.45, 2.75) is 51.4 Å². The number of hydrogen-bond acceptors (Lipinski definition) is 2. The van der Waals surface area contributed by atoms with Gasteiger partial charge in [-0.2, -0.15) is 0 Å². The first-order valence-electron chi connectivity index (χ1n) is 8.37. The molecule has 1 aromatic rings. The molecule has 3 rings (SSSR count). The van der Waals surface area contributed by atoms with Crippen LogP contribution in [-0.4, -0.2) is 18.4 Å². The van der Waals surface area contributed by atoms with E-state index in [-0.39, 0.29) is 30.6 Å². The van der Waals surface area contributed by atoms with Crippen LogP contribution < -0.4 is 10.6 Å². The molecule has 2 fully saturated rings. The molecule has 2 amide bonds. The van der Waals surface area contributed by atoms with Crippen LogP contribution in [0.5, 0.6) is 0 Å². The molecule has 1 atom stereocenters. The third kappa shape index (κ3) is 3.09. The molecule has 1 heterocycles. The van der Waals surface area contributed by atoms with Crippen molar-refractivity contribution in [2.24, 2.45) is 11.7 Å². The molecule has 1 unspecified atom stereocenters. The summed E-state index contributed by atoms with van der Waals surface area (Å²) in [6, 6.07) is 3.34. The number of amides is 2. The summed E-state index contributed by atoms with van der Waals surface area (Å²) in [5, 5.41) is 0. The Hall–Kier alpha value is -1.91. The van der Waals surface area contributed by atoms with Crippen LogP contribution in [0, 0.1) is 18.7 Å². The summed E-state index contributed by atoms with van der Waals surface area (Å²) < 4.78 is 14.6. The number of halogens is 1. The number of aryl methyl sites for hydroxylation is 1. The maximum Gasteiger partial charge on any atom is 0.227 e. The summed E-state index contributed by atoms with van der Waals surface area (Å²) in [5.74, 6) is -1.08. The van der Waals surface area contributed by atoms with Gasteiger partial charge in [0, 0.05) is 18.7 Å².